The third-order valence-electron chi connectivity index (χ3n) is 7.25. The van der Waals surface area contributed by atoms with Crippen molar-refractivity contribution in [2.24, 2.45) is 13.0 Å². The highest BCUT2D eigenvalue weighted by atomic mass is 19.1. The number of aromatic nitrogens is 2. The van der Waals surface area contributed by atoms with E-state index in [-0.39, 0.29) is 23.8 Å². The summed E-state index contributed by atoms with van der Waals surface area (Å²) < 4.78 is 16.3. The number of piperidine rings is 2. The maximum Gasteiger partial charge on any atom is 0.224 e. The predicted octanol–water partition coefficient (Wildman–Crippen LogP) is 3.28. The van der Waals surface area contributed by atoms with Gasteiger partial charge in [0, 0.05) is 31.0 Å². The van der Waals surface area contributed by atoms with Gasteiger partial charge in [-0.15, -0.1) is 0 Å². The van der Waals surface area contributed by atoms with E-state index in [1.54, 1.807) is 10.7 Å². The Kier molecular flexibility index (Phi) is 3.74. The monoisotopic (exact) mass is 385 g/mol. The highest BCUT2D eigenvalue weighted by molar-refractivity contribution is 5.85. The fourth-order valence-electron chi connectivity index (χ4n) is 6.29. The van der Waals surface area contributed by atoms with E-state index in [1.165, 1.54) is 6.07 Å². The number of halogens is 1. The van der Waals surface area contributed by atoms with Crippen LogP contribution in [0.15, 0.2) is 18.2 Å². The molecule has 1 aromatic carbocycles. The van der Waals surface area contributed by atoms with Gasteiger partial charge in [0.15, 0.2) is 0 Å². The molecular weight excluding hydrogens is 357 g/mol. The Labute approximate surface area is 164 Å². The van der Waals surface area contributed by atoms with Crippen LogP contribution in [0.2, 0.25) is 0 Å². The molecule has 150 valence electrons. The summed E-state index contributed by atoms with van der Waals surface area (Å²) in [5.41, 5.74) is 0.237. The number of hydrogen-bond acceptors (Lipinski definition) is 3. The topological polar surface area (TPSA) is 58.4 Å². The van der Waals surface area contributed by atoms with E-state index in [0.717, 1.165) is 24.8 Å². The molecule has 6 rings (SSSR count). The molecule has 2 unspecified atom stereocenters. The van der Waals surface area contributed by atoms with Crippen LogP contribution >= 0.6 is 0 Å². The number of benzene rings is 1. The van der Waals surface area contributed by atoms with Gasteiger partial charge in [0.1, 0.15) is 5.82 Å². The smallest absolute Gasteiger partial charge is 0.224 e. The summed E-state index contributed by atoms with van der Waals surface area (Å²) in [6.45, 7) is 3.95. The third kappa shape index (κ3) is 2.60. The van der Waals surface area contributed by atoms with Crippen molar-refractivity contribution >= 4 is 16.8 Å². The molecule has 2 aromatic rings. The zero-order chi connectivity index (χ0) is 19.8. The van der Waals surface area contributed by atoms with Gasteiger partial charge in [-0.25, -0.2) is 4.39 Å². The Bertz CT molecular complexity index is 950. The van der Waals surface area contributed by atoms with E-state index >= 15 is 0 Å². The third-order valence-corrected chi connectivity index (χ3v) is 7.25. The Morgan fingerprint density at radius 1 is 1.29 bits per heavy atom. The number of aliphatic hydroxyl groups is 1. The van der Waals surface area contributed by atoms with Gasteiger partial charge < -0.3 is 10.0 Å². The maximum absolute atomic E-state index is 14.6. The van der Waals surface area contributed by atoms with Gasteiger partial charge in [0.05, 0.1) is 22.2 Å². The van der Waals surface area contributed by atoms with Crippen molar-refractivity contribution in [3.8, 4) is 0 Å². The highest BCUT2D eigenvalue weighted by Gasteiger charge is 2.55. The minimum Gasteiger partial charge on any atom is -0.390 e. The number of rotatable bonds is 3. The van der Waals surface area contributed by atoms with Crippen LogP contribution in [0, 0.1) is 11.7 Å². The zero-order valence-corrected chi connectivity index (χ0v) is 16.8. The first-order chi connectivity index (χ1) is 13.2. The average Bonchev–Trinajstić information content (AvgIpc) is 2.92. The van der Waals surface area contributed by atoms with Crippen LogP contribution in [-0.2, 0) is 17.3 Å². The van der Waals surface area contributed by atoms with Crippen molar-refractivity contribution in [1.82, 2.24) is 14.7 Å². The molecule has 2 saturated heterocycles. The van der Waals surface area contributed by atoms with Crippen LogP contribution in [0.25, 0.3) is 10.9 Å². The lowest BCUT2D eigenvalue weighted by Crippen LogP contribution is -2.66. The fourth-order valence-corrected chi connectivity index (χ4v) is 6.29. The number of carbonyl (C=O) groups excluding carboxylic acids is 1. The lowest BCUT2D eigenvalue weighted by molar-refractivity contribution is -0.175. The summed E-state index contributed by atoms with van der Waals surface area (Å²) in [5, 5.41) is 15.9. The summed E-state index contributed by atoms with van der Waals surface area (Å²) in [4.78, 5) is 15.4. The second kappa shape index (κ2) is 5.78. The molecule has 2 atom stereocenters. The fraction of sp³-hybridized carbons (Fsp3) is 0.636. The molecule has 2 aliphatic carbocycles. The standard InChI is InChI=1S/C22H28FN3O2/c1-21(2,20-19-16(23)5-4-6-17(19)25(3)24-20)12-18(27)26-14-7-13-8-15(26)11-22(28,9-13)10-14/h4-6,13-15,28H,7-12H2,1-3H3. The summed E-state index contributed by atoms with van der Waals surface area (Å²) in [7, 11) is 1.81. The largest absolute Gasteiger partial charge is 0.390 e. The van der Waals surface area contributed by atoms with Crippen molar-refractivity contribution in [3.05, 3.63) is 29.7 Å². The van der Waals surface area contributed by atoms with Crippen molar-refractivity contribution in [3.63, 3.8) is 0 Å². The lowest BCUT2D eigenvalue weighted by Gasteiger charge is -2.60. The number of hydrogen-bond donors (Lipinski definition) is 1. The van der Waals surface area contributed by atoms with E-state index in [9.17, 15) is 14.3 Å². The first-order valence-electron chi connectivity index (χ1n) is 10.3. The number of nitrogens with zero attached hydrogens (tertiary/aromatic N) is 3. The molecule has 3 heterocycles. The SMILES string of the molecule is Cn1nc(C(C)(C)CC(=O)N2C3CC4CC2CC(O)(C4)C3)c2c(F)cccc21. The molecule has 28 heavy (non-hydrogen) atoms. The van der Waals surface area contributed by atoms with E-state index < -0.39 is 11.0 Å². The zero-order valence-electron chi connectivity index (χ0n) is 16.8. The summed E-state index contributed by atoms with van der Waals surface area (Å²) >= 11 is 0. The molecule has 4 bridgehead atoms. The van der Waals surface area contributed by atoms with E-state index in [0.29, 0.717) is 36.3 Å². The molecule has 0 radical (unpaired) electrons. The quantitative estimate of drug-likeness (QED) is 0.882. The summed E-state index contributed by atoms with van der Waals surface area (Å²) in [6, 6.07) is 5.29. The van der Waals surface area contributed by atoms with Crippen LogP contribution in [0.5, 0.6) is 0 Å². The molecule has 4 aliphatic rings. The maximum atomic E-state index is 14.6. The Balaban J connectivity index is 1.44. The van der Waals surface area contributed by atoms with Crippen LogP contribution in [0.4, 0.5) is 4.39 Å². The van der Waals surface area contributed by atoms with Crippen LogP contribution in [0.3, 0.4) is 0 Å². The summed E-state index contributed by atoms with van der Waals surface area (Å²) in [5.74, 6) is 0.365. The van der Waals surface area contributed by atoms with Crippen molar-refractivity contribution in [2.75, 3.05) is 0 Å². The predicted molar refractivity (Wildman–Crippen MR) is 104 cm³/mol. The second-order valence-electron chi connectivity index (χ2n) is 9.95. The Morgan fingerprint density at radius 2 is 1.96 bits per heavy atom. The van der Waals surface area contributed by atoms with Crippen LogP contribution in [-0.4, -0.2) is 43.4 Å². The lowest BCUT2D eigenvalue weighted by atomic mass is 9.61. The van der Waals surface area contributed by atoms with Gasteiger partial charge in [-0.05, 0) is 50.2 Å². The molecular formula is C22H28FN3O2. The molecule has 5 nitrogen and oxygen atoms in total. The molecule has 1 amide bonds. The van der Waals surface area contributed by atoms with E-state index in [2.05, 4.69) is 5.10 Å². The van der Waals surface area contributed by atoms with Crippen LogP contribution in [0.1, 0.15) is 58.1 Å². The van der Waals surface area contributed by atoms with Gasteiger partial charge in [-0.2, -0.15) is 5.10 Å². The minimum absolute atomic E-state index is 0.109. The molecule has 1 aromatic heterocycles. The van der Waals surface area contributed by atoms with Gasteiger partial charge >= 0.3 is 0 Å². The normalized spacial score (nSPS) is 31.8. The first-order valence-corrected chi connectivity index (χ1v) is 10.3. The second-order valence-corrected chi connectivity index (χ2v) is 9.95. The summed E-state index contributed by atoms with van der Waals surface area (Å²) in [6.07, 6.45) is 4.61. The number of aryl methyl sites for hydroxylation is 1. The Hall–Kier alpha value is -1.95. The van der Waals surface area contributed by atoms with Gasteiger partial charge in [0.2, 0.25) is 5.91 Å². The molecule has 6 heteroatoms. The number of fused-ring (bicyclic) bond motifs is 1. The molecule has 2 aliphatic heterocycles. The average molecular weight is 385 g/mol. The first kappa shape index (κ1) is 18.1. The molecule has 1 N–H and O–H groups in total. The van der Waals surface area contributed by atoms with Crippen molar-refractivity contribution < 1.29 is 14.3 Å². The van der Waals surface area contributed by atoms with Gasteiger partial charge in [-0.3, -0.25) is 9.48 Å². The Morgan fingerprint density at radius 3 is 2.61 bits per heavy atom. The molecule has 0 spiro atoms. The van der Waals surface area contributed by atoms with E-state index in [1.807, 2.05) is 31.9 Å². The highest BCUT2D eigenvalue weighted by Crippen LogP contribution is 2.51. The van der Waals surface area contributed by atoms with Crippen molar-refractivity contribution in [2.45, 2.75) is 75.5 Å². The number of amides is 1. The molecule has 4 fully saturated rings. The van der Waals surface area contributed by atoms with Gasteiger partial charge in [-0.1, -0.05) is 19.9 Å². The van der Waals surface area contributed by atoms with Gasteiger partial charge in [0.25, 0.3) is 0 Å². The molecule has 2 saturated carbocycles. The van der Waals surface area contributed by atoms with Crippen LogP contribution < -0.4 is 0 Å². The van der Waals surface area contributed by atoms with E-state index in [4.69, 9.17) is 0 Å². The number of carbonyl (C=O) groups is 1. The minimum atomic E-state index is -0.579. The van der Waals surface area contributed by atoms with Crippen molar-refractivity contribution in [1.29, 1.82) is 0 Å².